The summed E-state index contributed by atoms with van der Waals surface area (Å²) in [5, 5.41) is 5.43. The molecule has 7 heteroatoms. The van der Waals surface area contributed by atoms with E-state index in [1.807, 2.05) is 11.6 Å². The molecule has 1 aliphatic heterocycles. The lowest BCUT2D eigenvalue weighted by atomic mass is 9.94. The molecular formula is C17H24N4O2S. The molecule has 6 nitrogen and oxygen atoms in total. The van der Waals surface area contributed by atoms with Gasteiger partial charge in [0.1, 0.15) is 5.76 Å². The van der Waals surface area contributed by atoms with Crippen LogP contribution in [0.5, 0.6) is 0 Å². The average molecular weight is 348 g/mol. The van der Waals surface area contributed by atoms with Gasteiger partial charge in [-0.3, -0.25) is 9.69 Å². The van der Waals surface area contributed by atoms with Crippen LogP contribution in [0.15, 0.2) is 22.2 Å². The Morgan fingerprint density at radius 3 is 2.96 bits per heavy atom. The van der Waals surface area contributed by atoms with Gasteiger partial charge in [-0.25, -0.2) is 9.97 Å². The summed E-state index contributed by atoms with van der Waals surface area (Å²) in [5.41, 5.74) is -0.0384. The maximum atomic E-state index is 12.4. The van der Waals surface area contributed by atoms with Crippen LogP contribution in [0, 0.1) is 5.92 Å². The molecule has 0 saturated carbocycles. The number of thiazole rings is 1. The van der Waals surface area contributed by atoms with E-state index in [1.54, 1.807) is 6.20 Å². The van der Waals surface area contributed by atoms with Crippen LogP contribution in [-0.2, 0) is 16.8 Å². The molecule has 0 spiro atoms. The largest absolute Gasteiger partial charge is 0.444 e. The first kappa shape index (κ1) is 17.1. The summed E-state index contributed by atoms with van der Waals surface area (Å²) in [5.74, 6) is 1.66. The minimum Gasteiger partial charge on any atom is -0.444 e. The molecule has 130 valence electrons. The van der Waals surface area contributed by atoms with Crippen molar-refractivity contribution >= 4 is 22.4 Å². The molecule has 0 unspecified atom stereocenters. The number of likely N-dealkylation sites (tertiary alicyclic amines) is 1. The molecule has 3 rings (SSSR count). The van der Waals surface area contributed by atoms with E-state index >= 15 is 0 Å². The number of hydrogen-bond acceptors (Lipinski definition) is 6. The maximum absolute atomic E-state index is 12.4. The van der Waals surface area contributed by atoms with Crippen LogP contribution in [0.25, 0.3) is 0 Å². The monoisotopic (exact) mass is 348 g/mol. The summed E-state index contributed by atoms with van der Waals surface area (Å²) in [4.78, 5) is 23.1. The topological polar surface area (TPSA) is 71.3 Å². The molecule has 0 aliphatic carbocycles. The number of oxazole rings is 1. The van der Waals surface area contributed by atoms with Gasteiger partial charge in [-0.1, -0.05) is 20.8 Å². The Morgan fingerprint density at radius 1 is 1.46 bits per heavy atom. The molecule has 1 saturated heterocycles. The fraction of sp³-hybridized carbons (Fsp3) is 0.588. The highest BCUT2D eigenvalue weighted by Gasteiger charge is 2.27. The standard InChI is InChI=1S/C17H24N4O2S/c1-17(2,3)13-9-19-14(23-13)11-21-7-4-5-12(10-21)15(22)20-16-18-6-8-24-16/h6,8-9,12H,4-5,7,10-11H2,1-3H3,(H,18,20,22)/t12-/m0/s1. The third-order valence-corrected chi connectivity index (χ3v) is 4.88. The predicted molar refractivity (Wildman–Crippen MR) is 93.9 cm³/mol. The first-order valence-corrected chi connectivity index (χ1v) is 9.17. The zero-order valence-electron chi connectivity index (χ0n) is 14.4. The lowest BCUT2D eigenvalue weighted by molar-refractivity contribution is -0.121. The molecule has 0 radical (unpaired) electrons. The number of carbonyl (C=O) groups is 1. The van der Waals surface area contributed by atoms with Crippen molar-refractivity contribution in [1.82, 2.24) is 14.9 Å². The average Bonchev–Trinajstić information content (AvgIpc) is 3.18. The van der Waals surface area contributed by atoms with Crippen LogP contribution in [-0.4, -0.2) is 33.9 Å². The lowest BCUT2D eigenvalue weighted by Crippen LogP contribution is -2.40. The van der Waals surface area contributed by atoms with Gasteiger partial charge in [-0.2, -0.15) is 0 Å². The van der Waals surface area contributed by atoms with Gasteiger partial charge in [0.25, 0.3) is 0 Å². The fourth-order valence-electron chi connectivity index (χ4n) is 2.83. The van der Waals surface area contributed by atoms with E-state index in [0.717, 1.165) is 37.6 Å². The van der Waals surface area contributed by atoms with E-state index in [9.17, 15) is 4.79 Å². The van der Waals surface area contributed by atoms with Crippen LogP contribution in [0.3, 0.4) is 0 Å². The zero-order chi connectivity index (χ0) is 17.2. The number of amides is 1. The third-order valence-electron chi connectivity index (χ3n) is 4.19. The summed E-state index contributed by atoms with van der Waals surface area (Å²) >= 11 is 1.44. The van der Waals surface area contributed by atoms with Gasteiger partial charge >= 0.3 is 0 Å². The third kappa shape index (κ3) is 4.21. The highest BCUT2D eigenvalue weighted by molar-refractivity contribution is 7.13. The molecule has 0 aromatic carbocycles. The highest BCUT2D eigenvalue weighted by Crippen LogP contribution is 2.25. The van der Waals surface area contributed by atoms with E-state index in [-0.39, 0.29) is 17.2 Å². The second-order valence-corrected chi connectivity index (χ2v) is 8.16. The van der Waals surface area contributed by atoms with E-state index in [0.29, 0.717) is 11.7 Å². The molecule has 1 aliphatic rings. The van der Waals surface area contributed by atoms with Crippen molar-refractivity contribution in [1.29, 1.82) is 0 Å². The number of nitrogens with one attached hydrogen (secondary N) is 1. The minimum absolute atomic E-state index is 0.0142. The second-order valence-electron chi connectivity index (χ2n) is 7.27. The van der Waals surface area contributed by atoms with Gasteiger partial charge in [0.15, 0.2) is 5.13 Å². The van der Waals surface area contributed by atoms with Crippen LogP contribution >= 0.6 is 11.3 Å². The molecule has 24 heavy (non-hydrogen) atoms. The Hall–Kier alpha value is -1.73. The number of rotatable bonds is 4. The SMILES string of the molecule is CC(C)(C)c1cnc(CN2CCC[C@H](C(=O)Nc3nccs3)C2)o1. The Bertz CT molecular complexity index is 675. The summed E-state index contributed by atoms with van der Waals surface area (Å²) in [7, 11) is 0. The quantitative estimate of drug-likeness (QED) is 0.918. The minimum atomic E-state index is -0.0384. The number of nitrogens with zero attached hydrogens (tertiary/aromatic N) is 3. The number of carbonyl (C=O) groups excluding carboxylic acids is 1. The summed E-state index contributed by atoms with van der Waals surface area (Å²) in [6.45, 7) is 8.67. The van der Waals surface area contributed by atoms with Gasteiger partial charge in [0, 0.05) is 23.5 Å². The number of anilines is 1. The molecule has 1 amide bonds. The van der Waals surface area contributed by atoms with Crippen molar-refractivity contribution in [2.24, 2.45) is 5.92 Å². The Labute approximate surface area is 146 Å². The van der Waals surface area contributed by atoms with Gasteiger partial charge in [-0.15, -0.1) is 11.3 Å². The lowest BCUT2D eigenvalue weighted by Gasteiger charge is -2.30. The Kier molecular flexibility index (Phi) is 5.01. The predicted octanol–water partition coefficient (Wildman–Crippen LogP) is 3.28. The van der Waals surface area contributed by atoms with Crippen LogP contribution in [0.1, 0.15) is 45.3 Å². The van der Waals surface area contributed by atoms with E-state index in [4.69, 9.17) is 4.42 Å². The molecule has 3 heterocycles. The van der Waals surface area contributed by atoms with Crippen molar-refractivity contribution < 1.29 is 9.21 Å². The molecule has 1 N–H and O–H groups in total. The molecule has 2 aromatic heterocycles. The van der Waals surface area contributed by atoms with Crippen molar-refractivity contribution in [2.75, 3.05) is 18.4 Å². The number of piperidine rings is 1. The van der Waals surface area contributed by atoms with Crippen molar-refractivity contribution in [3.63, 3.8) is 0 Å². The van der Waals surface area contributed by atoms with E-state index < -0.39 is 0 Å². The fourth-order valence-corrected chi connectivity index (χ4v) is 3.36. The summed E-state index contributed by atoms with van der Waals surface area (Å²) < 4.78 is 5.87. The molecule has 1 fully saturated rings. The molecule has 0 bridgehead atoms. The first-order chi connectivity index (χ1) is 11.4. The number of hydrogen-bond donors (Lipinski definition) is 1. The Balaban J connectivity index is 1.57. The Morgan fingerprint density at radius 2 is 2.29 bits per heavy atom. The normalized spacial score (nSPS) is 19.4. The van der Waals surface area contributed by atoms with Crippen LogP contribution < -0.4 is 5.32 Å². The molecule has 2 aromatic rings. The van der Waals surface area contributed by atoms with Crippen LogP contribution in [0.4, 0.5) is 5.13 Å². The van der Waals surface area contributed by atoms with Crippen molar-refractivity contribution in [3.05, 3.63) is 29.4 Å². The maximum Gasteiger partial charge on any atom is 0.230 e. The van der Waals surface area contributed by atoms with Crippen molar-refractivity contribution in [3.8, 4) is 0 Å². The smallest absolute Gasteiger partial charge is 0.230 e. The first-order valence-electron chi connectivity index (χ1n) is 8.30. The number of aromatic nitrogens is 2. The van der Waals surface area contributed by atoms with Crippen LogP contribution in [0.2, 0.25) is 0 Å². The molecule has 1 atom stereocenters. The zero-order valence-corrected chi connectivity index (χ0v) is 15.2. The van der Waals surface area contributed by atoms with Gasteiger partial charge in [-0.05, 0) is 19.4 Å². The van der Waals surface area contributed by atoms with Gasteiger partial charge < -0.3 is 9.73 Å². The van der Waals surface area contributed by atoms with Gasteiger partial charge in [0.05, 0.1) is 18.7 Å². The van der Waals surface area contributed by atoms with Crippen molar-refractivity contribution in [2.45, 2.75) is 45.6 Å². The second kappa shape index (κ2) is 7.03. The highest BCUT2D eigenvalue weighted by atomic mass is 32.1. The van der Waals surface area contributed by atoms with E-state index in [1.165, 1.54) is 11.3 Å². The van der Waals surface area contributed by atoms with Gasteiger partial charge in [0.2, 0.25) is 11.8 Å². The summed E-state index contributed by atoms with van der Waals surface area (Å²) in [6.07, 6.45) is 5.42. The molecular weight excluding hydrogens is 324 g/mol. The van der Waals surface area contributed by atoms with E-state index in [2.05, 4.69) is 41.0 Å². The summed E-state index contributed by atoms with van der Waals surface area (Å²) in [6, 6.07) is 0.